The van der Waals surface area contributed by atoms with Crippen molar-refractivity contribution in [2.45, 2.75) is 0 Å². The Morgan fingerprint density at radius 1 is 0.323 bits per heavy atom. The lowest BCUT2D eigenvalue weighted by atomic mass is 10.2. The highest BCUT2D eigenvalue weighted by molar-refractivity contribution is 5.64. The van der Waals surface area contributed by atoms with E-state index < -0.39 is 0 Å². The first-order valence-electron chi connectivity index (χ1n) is 10.3. The van der Waals surface area contributed by atoms with Crippen LogP contribution in [0.4, 0.5) is 0 Å². The van der Waals surface area contributed by atoms with E-state index in [9.17, 15) is 0 Å². The standard InChI is InChI=1S/C30H29N/c1-2-4-6-8-10-12-14-16-18-20-22-24-26-30-29(27-28-31-30)25-23-21-19-17-15-13-11-9-7-5-3-1/h1-28,31H/b2-1-,3-1?,4-2?,5-3?,6-4-,7-5?,8-6?,9-7?,10-8-,11-9?,12-10?,13-11?,14-12?,15-13?,16-14?,17-15?,18-16?,19-17?,20-18?,21-19-,22-20?,23-21?,24-22?,25-23?,26-24?,29-25?,30-26?. The van der Waals surface area contributed by atoms with Crippen molar-refractivity contribution < 1.29 is 0 Å². The Bertz CT molecular complexity index is 936. The van der Waals surface area contributed by atoms with E-state index in [-0.39, 0.29) is 0 Å². The Hall–Kier alpha value is -4.10. The molecule has 1 nitrogen and oxygen atoms in total. The van der Waals surface area contributed by atoms with Gasteiger partial charge in [-0.15, -0.1) is 0 Å². The monoisotopic (exact) mass is 403 g/mol. The van der Waals surface area contributed by atoms with Gasteiger partial charge in [0, 0.05) is 11.9 Å². The van der Waals surface area contributed by atoms with Gasteiger partial charge in [0.1, 0.15) is 0 Å². The summed E-state index contributed by atoms with van der Waals surface area (Å²) in [5.74, 6) is 0. The van der Waals surface area contributed by atoms with Crippen LogP contribution in [0.15, 0.2) is 158 Å². The molecular formula is C30H29N. The SMILES string of the molecule is C1=CC=C/C=C\C=Cc2cc[nH]c2C=CC=CC=CC=C\C=C/C=C\C=C/C=CC=C1. The molecular weight excluding hydrogens is 374 g/mol. The van der Waals surface area contributed by atoms with Crippen molar-refractivity contribution >= 4 is 12.2 Å². The molecule has 0 spiro atoms. The normalized spacial score (nSPS) is 19.5. The number of aromatic amines is 1. The van der Waals surface area contributed by atoms with Gasteiger partial charge in [-0.2, -0.15) is 0 Å². The van der Waals surface area contributed by atoms with Crippen LogP contribution in [0.1, 0.15) is 11.3 Å². The zero-order valence-corrected chi connectivity index (χ0v) is 17.7. The molecule has 0 aliphatic heterocycles. The maximum absolute atomic E-state index is 3.26. The van der Waals surface area contributed by atoms with Crippen molar-refractivity contribution in [2.75, 3.05) is 0 Å². The third-order valence-electron chi connectivity index (χ3n) is 3.91. The van der Waals surface area contributed by atoms with E-state index in [0.29, 0.717) is 0 Å². The molecule has 1 N–H and O–H groups in total. The summed E-state index contributed by atoms with van der Waals surface area (Å²) in [6.45, 7) is 0. The second-order valence-electron chi connectivity index (χ2n) is 6.30. The molecule has 1 heterocycles. The van der Waals surface area contributed by atoms with Crippen LogP contribution in [0, 0.1) is 0 Å². The fourth-order valence-electron chi connectivity index (χ4n) is 2.41. The van der Waals surface area contributed by atoms with E-state index in [1.165, 1.54) is 0 Å². The van der Waals surface area contributed by atoms with E-state index in [1.54, 1.807) is 0 Å². The second-order valence-corrected chi connectivity index (χ2v) is 6.30. The van der Waals surface area contributed by atoms with Crippen LogP contribution in [0.2, 0.25) is 0 Å². The summed E-state index contributed by atoms with van der Waals surface area (Å²) in [5, 5.41) is 0. The van der Waals surface area contributed by atoms with Crippen molar-refractivity contribution in [1.82, 2.24) is 4.98 Å². The number of allylic oxidation sites excluding steroid dienone is 24. The van der Waals surface area contributed by atoms with E-state index in [4.69, 9.17) is 0 Å². The van der Waals surface area contributed by atoms with E-state index in [1.807, 2.05) is 152 Å². The molecule has 1 aromatic heterocycles. The zero-order valence-electron chi connectivity index (χ0n) is 17.7. The molecule has 0 unspecified atom stereocenters. The molecule has 0 radical (unpaired) electrons. The van der Waals surface area contributed by atoms with Crippen LogP contribution >= 0.6 is 0 Å². The third-order valence-corrected chi connectivity index (χ3v) is 3.91. The molecule has 2 rings (SSSR count). The number of nitrogens with one attached hydrogen (secondary N) is 1. The Kier molecular flexibility index (Phi) is 12.6. The summed E-state index contributed by atoms with van der Waals surface area (Å²) in [4.78, 5) is 3.26. The predicted molar refractivity (Wildman–Crippen MR) is 139 cm³/mol. The van der Waals surface area contributed by atoms with Gasteiger partial charge in [-0.3, -0.25) is 0 Å². The van der Waals surface area contributed by atoms with Crippen molar-refractivity contribution in [1.29, 1.82) is 0 Å². The van der Waals surface area contributed by atoms with Crippen LogP contribution in [0.3, 0.4) is 0 Å². The van der Waals surface area contributed by atoms with E-state index in [0.717, 1.165) is 11.3 Å². The number of hydrogen-bond acceptors (Lipinski definition) is 0. The van der Waals surface area contributed by atoms with Crippen LogP contribution in [-0.4, -0.2) is 4.98 Å². The third kappa shape index (κ3) is 12.1. The Balaban J connectivity index is 2.05. The second kappa shape index (κ2) is 16.8. The number of hydrogen-bond donors (Lipinski definition) is 1. The predicted octanol–water partition coefficient (Wildman–Crippen LogP) is 8.17. The van der Waals surface area contributed by atoms with Gasteiger partial charge in [-0.1, -0.05) is 152 Å². The Morgan fingerprint density at radius 3 is 0.968 bits per heavy atom. The first kappa shape index (κ1) is 23.2. The molecule has 31 heavy (non-hydrogen) atoms. The number of fused-ring (bicyclic) bond motifs is 1. The molecule has 1 aliphatic rings. The lowest BCUT2D eigenvalue weighted by Crippen LogP contribution is -1.74. The summed E-state index contributed by atoms with van der Waals surface area (Å²) in [7, 11) is 0. The van der Waals surface area contributed by atoms with Crippen LogP contribution in [-0.2, 0) is 0 Å². The average molecular weight is 404 g/mol. The number of H-pyrrole nitrogens is 1. The van der Waals surface area contributed by atoms with E-state index in [2.05, 4.69) is 23.2 Å². The van der Waals surface area contributed by atoms with Gasteiger partial charge in [0.05, 0.1) is 0 Å². The molecule has 0 saturated heterocycles. The fourth-order valence-corrected chi connectivity index (χ4v) is 2.41. The Morgan fingerprint density at radius 2 is 0.613 bits per heavy atom. The van der Waals surface area contributed by atoms with Crippen molar-refractivity contribution in [2.24, 2.45) is 0 Å². The highest BCUT2D eigenvalue weighted by Crippen LogP contribution is 2.11. The summed E-state index contributed by atoms with van der Waals surface area (Å²) < 4.78 is 0. The summed E-state index contributed by atoms with van der Waals surface area (Å²) in [6, 6.07) is 2.06. The first-order valence-corrected chi connectivity index (χ1v) is 10.3. The lowest BCUT2D eigenvalue weighted by molar-refractivity contribution is 1.37. The Labute approximate surface area is 186 Å². The van der Waals surface area contributed by atoms with Gasteiger partial charge >= 0.3 is 0 Å². The fraction of sp³-hybridized carbons (Fsp3) is 0. The minimum atomic E-state index is 1.08. The molecule has 0 saturated carbocycles. The van der Waals surface area contributed by atoms with Gasteiger partial charge < -0.3 is 4.98 Å². The quantitative estimate of drug-likeness (QED) is 0.449. The molecule has 0 bridgehead atoms. The maximum Gasteiger partial charge on any atom is 0.0453 e. The molecule has 0 atom stereocenters. The van der Waals surface area contributed by atoms with Crippen molar-refractivity contribution in [3.05, 3.63) is 169 Å². The van der Waals surface area contributed by atoms with Crippen LogP contribution < -0.4 is 0 Å². The van der Waals surface area contributed by atoms with Crippen LogP contribution in [0.25, 0.3) is 12.2 Å². The average Bonchev–Trinajstić information content (AvgIpc) is 3.22. The summed E-state index contributed by atoms with van der Waals surface area (Å²) in [5.41, 5.74) is 2.23. The number of rotatable bonds is 0. The highest BCUT2D eigenvalue weighted by atomic mass is 14.7. The molecule has 1 aromatic rings. The minimum absolute atomic E-state index is 1.08. The van der Waals surface area contributed by atoms with Gasteiger partial charge in [0.25, 0.3) is 0 Å². The summed E-state index contributed by atoms with van der Waals surface area (Å²) in [6.07, 6.45) is 54.3. The zero-order chi connectivity index (χ0) is 21.7. The molecule has 0 fully saturated rings. The lowest BCUT2D eigenvalue weighted by Gasteiger charge is -1.90. The van der Waals surface area contributed by atoms with Crippen LogP contribution in [0.5, 0.6) is 0 Å². The van der Waals surface area contributed by atoms with Gasteiger partial charge in [-0.25, -0.2) is 0 Å². The maximum atomic E-state index is 3.26. The highest BCUT2D eigenvalue weighted by Gasteiger charge is 1.94. The minimum Gasteiger partial charge on any atom is -0.361 e. The topological polar surface area (TPSA) is 15.8 Å². The van der Waals surface area contributed by atoms with Crippen molar-refractivity contribution in [3.8, 4) is 0 Å². The molecule has 0 amide bonds. The molecule has 154 valence electrons. The van der Waals surface area contributed by atoms with E-state index >= 15 is 0 Å². The van der Waals surface area contributed by atoms with Gasteiger partial charge in [0.15, 0.2) is 0 Å². The molecule has 1 heteroatoms. The summed E-state index contributed by atoms with van der Waals surface area (Å²) >= 11 is 0. The largest absolute Gasteiger partial charge is 0.361 e. The first-order chi connectivity index (χ1) is 15.5. The molecule has 0 aromatic carbocycles. The van der Waals surface area contributed by atoms with Gasteiger partial charge in [0.2, 0.25) is 0 Å². The van der Waals surface area contributed by atoms with Gasteiger partial charge in [-0.05, 0) is 17.7 Å². The molecule has 1 aliphatic carbocycles. The smallest absolute Gasteiger partial charge is 0.0453 e. The number of aromatic nitrogens is 1. The van der Waals surface area contributed by atoms with Crippen molar-refractivity contribution in [3.63, 3.8) is 0 Å².